The molecule has 1 saturated heterocycles. The van der Waals surface area contributed by atoms with Gasteiger partial charge >= 0.3 is 5.97 Å². The van der Waals surface area contributed by atoms with Crippen molar-refractivity contribution in [2.24, 2.45) is 5.92 Å². The van der Waals surface area contributed by atoms with Crippen molar-refractivity contribution in [3.05, 3.63) is 42.5 Å². The second-order valence-electron chi connectivity index (χ2n) is 9.03. The van der Waals surface area contributed by atoms with E-state index in [-0.39, 0.29) is 30.2 Å². The standard InChI is InChI=1S/C25H35N3O4/c29-23-12-13-24(30)28(23)19-22(32-25(31)20-8-3-1-4-9-20)18-26-14-7-15-27(17-16-26)21-10-5-2-6-11-21/h2,5-6,10-13,20,22,29-30H,1,3-4,7-9,14-19H2. The molecule has 1 saturated carbocycles. The summed E-state index contributed by atoms with van der Waals surface area (Å²) in [4.78, 5) is 17.6. The molecular weight excluding hydrogens is 406 g/mol. The van der Waals surface area contributed by atoms with Gasteiger partial charge < -0.3 is 19.8 Å². The molecule has 0 amide bonds. The molecule has 2 heterocycles. The number of aromatic nitrogens is 1. The van der Waals surface area contributed by atoms with Gasteiger partial charge in [0.05, 0.1) is 12.5 Å². The number of benzene rings is 1. The summed E-state index contributed by atoms with van der Waals surface area (Å²) in [6.07, 6.45) is 5.71. The number of nitrogens with zero attached hydrogens (tertiary/aromatic N) is 3. The Bertz CT molecular complexity index is 844. The Morgan fingerprint density at radius 2 is 1.59 bits per heavy atom. The SMILES string of the molecule is O=C(OC(CN1CCCN(c2ccccc2)CC1)Cn1c(O)ccc1O)C1CCCCC1. The highest BCUT2D eigenvalue weighted by Gasteiger charge is 2.28. The summed E-state index contributed by atoms with van der Waals surface area (Å²) in [6.45, 7) is 4.51. The zero-order valence-corrected chi connectivity index (χ0v) is 18.7. The topological polar surface area (TPSA) is 78.2 Å². The molecule has 2 aromatic rings. The minimum absolute atomic E-state index is 0.0210. The second kappa shape index (κ2) is 10.8. The van der Waals surface area contributed by atoms with Crippen LogP contribution in [0.15, 0.2) is 42.5 Å². The summed E-state index contributed by atoms with van der Waals surface area (Å²) in [5.74, 6) is -0.211. The van der Waals surface area contributed by atoms with E-state index in [1.807, 2.05) is 6.07 Å². The Balaban J connectivity index is 1.41. The minimum atomic E-state index is -0.433. The molecule has 2 fully saturated rings. The van der Waals surface area contributed by atoms with Crippen molar-refractivity contribution in [2.75, 3.05) is 37.6 Å². The first-order valence-corrected chi connectivity index (χ1v) is 11.9. The number of esters is 1. The van der Waals surface area contributed by atoms with Crippen LogP contribution in [0.1, 0.15) is 38.5 Å². The fraction of sp³-hybridized carbons (Fsp3) is 0.560. The van der Waals surface area contributed by atoms with Crippen molar-refractivity contribution in [3.8, 4) is 11.8 Å². The Hall–Kier alpha value is -2.67. The molecule has 1 aliphatic heterocycles. The van der Waals surface area contributed by atoms with Crippen LogP contribution in [0.4, 0.5) is 5.69 Å². The first-order valence-electron chi connectivity index (χ1n) is 11.9. The van der Waals surface area contributed by atoms with Gasteiger partial charge in [-0.1, -0.05) is 37.5 Å². The molecule has 174 valence electrons. The monoisotopic (exact) mass is 441 g/mol. The van der Waals surface area contributed by atoms with E-state index in [0.717, 1.165) is 58.3 Å². The van der Waals surface area contributed by atoms with Crippen LogP contribution in [0.25, 0.3) is 0 Å². The average Bonchev–Trinajstić information content (AvgIpc) is 3.00. The maximum Gasteiger partial charge on any atom is 0.309 e. The van der Waals surface area contributed by atoms with Gasteiger partial charge in [-0.15, -0.1) is 0 Å². The number of rotatable bonds is 7. The number of hydrogen-bond donors (Lipinski definition) is 2. The lowest BCUT2D eigenvalue weighted by Gasteiger charge is -2.29. The Labute approximate surface area is 190 Å². The van der Waals surface area contributed by atoms with Crippen LogP contribution >= 0.6 is 0 Å². The highest BCUT2D eigenvalue weighted by Crippen LogP contribution is 2.27. The third-order valence-corrected chi connectivity index (χ3v) is 6.71. The lowest BCUT2D eigenvalue weighted by Crippen LogP contribution is -2.40. The summed E-state index contributed by atoms with van der Waals surface area (Å²) >= 11 is 0. The summed E-state index contributed by atoms with van der Waals surface area (Å²) in [6, 6.07) is 13.4. The lowest BCUT2D eigenvalue weighted by molar-refractivity contribution is -0.157. The van der Waals surface area contributed by atoms with E-state index in [2.05, 4.69) is 34.1 Å². The average molecular weight is 442 g/mol. The molecule has 0 spiro atoms. The van der Waals surface area contributed by atoms with E-state index in [1.54, 1.807) is 0 Å². The van der Waals surface area contributed by atoms with Crippen LogP contribution in [-0.4, -0.2) is 64.5 Å². The molecule has 7 heteroatoms. The fourth-order valence-electron chi connectivity index (χ4n) is 4.91. The highest BCUT2D eigenvalue weighted by molar-refractivity contribution is 5.72. The highest BCUT2D eigenvalue weighted by atomic mass is 16.5. The van der Waals surface area contributed by atoms with Crippen molar-refractivity contribution < 1.29 is 19.7 Å². The largest absolute Gasteiger partial charge is 0.494 e. The normalized spacial score (nSPS) is 19.4. The number of carbonyl (C=O) groups is 1. The van der Waals surface area contributed by atoms with Crippen LogP contribution in [0.2, 0.25) is 0 Å². The van der Waals surface area contributed by atoms with Gasteiger partial charge in [0.25, 0.3) is 0 Å². The minimum Gasteiger partial charge on any atom is -0.494 e. The lowest BCUT2D eigenvalue weighted by atomic mass is 9.89. The number of carbonyl (C=O) groups excluding carboxylic acids is 1. The third kappa shape index (κ3) is 5.76. The number of anilines is 1. The quantitative estimate of drug-likeness (QED) is 0.640. The van der Waals surface area contributed by atoms with Crippen molar-refractivity contribution in [1.29, 1.82) is 0 Å². The summed E-state index contributed by atoms with van der Waals surface area (Å²) in [5, 5.41) is 20.2. The Morgan fingerprint density at radius 1 is 0.875 bits per heavy atom. The van der Waals surface area contributed by atoms with Gasteiger partial charge in [-0.3, -0.25) is 14.3 Å². The first kappa shape index (κ1) is 22.5. The first-order chi connectivity index (χ1) is 15.6. The van der Waals surface area contributed by atoms with E-state index in [9.17, 15) is 15.0 Å². The van der Waals surface area contributed by atoms with Crippen LogP contribution in [0.3, 0.4) is 0 Å². The summed E-state index contributed by atoms with van der Waals surface area (Å²) in [5.41, 5.74) is 1.23. The molecule has 4 rings (SSSR count). The number of hydrogen-bond acceptors (Lipinski definition) is 6. The van der Waals surface area contributed by atoms with Crippen molar-refractivity contribution in [3.63, 3.8) is 0 Å². The van der Waals surface area contributed by atoms with Crippen molar-refractivity contribution in [1.82, 2.24) is 9.47 Å². The molecule has 7 nitrogen and oxygen atoms in total. The van der Waals surface area contributed by atoms with Crippen LogP contribution < -0.4 is 4.90 Å². The second-order valence-corrected chi connectivity index (χ2v) is 9.03. The molecule has 0 radical (unpaired) electrons. The van der Waals surface area contributed by atoms with Gasteiger partial charge in [0.2, 0.25) is 0 Å². The van der Waals surface area contributed by atoms with E-state index < -0.39 is 6.10 Å². The van der Waals surface area contributed by atoms with Gasteiger partial charge in [0.15, 0.2) is 11.8 Å². The van der Waals surface area contributed by atoms with Gasteiger partial charge in [-0.05, 0) is 31.4 Å². The molecule has 1 aromatic carbocycles. The number of ether oxygens (including phenoxy) is 1. The molecule has 1 aliphatic carbocycles. The van der Waals surface area contributed by atoms with E-state index in [0.29, 0.717) is 6.54 Å². The van der Waals surface area contributed by atoms with E-state index >= 15 is 0 Å². The molecule has 1 aromatic heterocycles. The number of aromatic hydroxyl groups is 2. The van der Waals surface area contributed by atoms with Crippen LogP contribution in [0, 0.1) is 5.92 Å². The fourth-order valence-corrected chi connectivity index (χ4v) is 4.91. The third-order valence-electron chi connectivity index (χ3n) is 6.71. The molecule has 2 aliphatic rings. The van der Waals surface area contributed by atoms with E-state index in [1.165, 1.54) is 28.8 Å². The van der Waals surface area contributed by atoms with Crippen LogP contribution in [0.5, 0.6) is 11.8 Å². The van der Waals surface area contributed by atoms with Gasteiger partial charge in [-0.25, -0.2) is 0 Å². The van der Waals surface area contributed by atoms with Gasteiger partial charge in [0.1, 0.15) is 6.10 Å². The molecular formula is C25H35N3O4. The zero-order valence-electron chi connectivity index (χ0n) is 18.7. The Kier molecular flexibility index (Phi) is 7.58. The zero-order chi connectivity index (χ0) is 22.3. The van der Waals surface area contributed by atoms with Crippen LogP contribution in [-0.2, 0) is 16.1 Å². The number of para-hydroxylation sites is 1. The Morgan fingerprint density at radius 3 is 2.31 bits per heavy atom. The molecule has 1 unspecified atom stereocenters. The smallest absolute Gasteiger partial charge is 0.309 e. The van der Waals surface area contributed by atoms with E-state index in [4.69, 9.17) is 4.74 Å². The maximum atomic E-state index is 12.9. The predicted molar refractivity (Wildman–Crippen MR) is 124 cm³/mol. The maximum absolute atomic E-state index is 12.9. The molecule has 1 atom stereocenters. The predicted octanol–water partition coefficient (Wildman–Crippen LogP) is 3.60. The van der Waals surface area contributed by atoms with Gasteiger partial charge in [-0.2, -0.15) is 0 Å². The molecule has 32 heavy (non-hydrogen) atoms. The van der Waals surface area contributed by atoms with Gasteiger partial charge in [0, 0.05) is 50.5 Å². The van der Waals surface area contributed by atoms with Crippen molar-refractivity contribution in [2.45, 2.75) is 51.2 Å². The summed E-state index contributed by atoms with van der Waals surface area (Å²) < 4.78 is 7.40. The molecule has 0 bridgehead atoms. The van der Waals surface area contributed by atoms with Crippen molar-refractivity contribution >= 4 is 11.7 Å². The molecule has 2 N–H and O–H groups in total. The summed E-state index contributed by atoms with van der Waals surface area (Å²) in [7, 11) is 0.